The quantitative estimate of drug-likeness (QED) is 0.438. The molecule has 1 saturated heterocycles. The summed E-state index contributed by atoms with van der Waals surface area (Å²) in [6.07, 6.45) is 7.69. The number of likely N-dealkylation sites (tertiary alicyclic amines) is 1. The van der Waals surface area contributed by atoms with E-state index in [0.29, 0.717) is 36.7 Å². The van der Waals surface area contributed by atoms with Gasteiger partial charge in [0.2, 0.25) is 5.91 Å². The highest BCUT2D eigenvalue weighted by Gasteiger charge is 2.31. The SMILES string of the molecule is CCN(CC)CCCNC(=O)[C@@H]1CCCN(C(=O)c2cnn(-c3ccc(F)cc3)c2-n2cccc2)C1. The highest BCUT2D eigenvalue weighted by atomic mass is 19.1. The van der Waals surface area contributed by atoms with E-state index in [1.54, 1.807) is 27.9 Å². The van der Waals surface area contributed by atoms with Gasteiger partial charge in [-0.3, -0.25) is 9.59 Å². The topological polar surface area (TPSA) is 75.4 Å². The van der Waals surface area contributed by atoms with Crippen molar-refractivity contribution in [2.75, 3.05) is 39.3 Å². The fourth-order valence-corrected chi connectivity index (χ4v) is 4.73. The van der Waals surface area contributed by atoms with Crippen LogP contribution in [0.4, 0.5) is 4.39 Å². The number of aromatic nitrogens is 3. The number of piperidine rings is 1. The molecule has 1 atom stereocenters. The van der Waals surface area contributed by atoms with E-state index in [1.807, 2.05) is 29.1 Å². The molecule has 0 radical (unpaired) electrons. The van der Waals surface area contributed by atoms with Crippen LogP contribution in [0.1, 0.15) is 43.5 Å². The predicted molar refractivity (Wildman–Crippen MR) is 137 cm³/mol. The second-order valence-corrected chi connectivity index (χ2v) is 9.12. The van der Waals surface area contributed by atoms with Crippen molar-refractivity contribution >= 4 is 11.8 Å². The Morgan fingerprint density at radius 1 is 1.14 bits per heavy atom. The number of rotatable bonds is 10. The van der Waals surface area contributed by atoms with Gasteiger partial charge in [0.05, 0.1) is 17.8 Å². The first-order valence-electron chi connectivity index (χ1n) is 12.8. The Hall–Kier alpha value is -3.46. The van der Waals surface area contributed by atoms with Crippen molar-refractivity contribution in [3.63, 3.8) is 0 Å². The third-order valence-corrected chi connectivity index (χ3v) is 6.82. The Morgan fingerprint density at radius 2 is 1.86 bits per heavy atom. The van der Waals surface area contributed by atoms with Crippen LogP contribution >= 0.6 is 0 Å². The van der Waals surface area contributed by atoms with Crippen LogP contribution in [0.5, 0.6) is 0 Å². The van der Waals surface area contributed by atoms with E-state index in [1.165, 1.54) is 12.1 Å². The summed E-state index contributed by atoms with van der Waals surface area (Å²) in [5, 5.41) is 7.53. The summed E-state index contributed by atoms with van der Waals surface area (Å²) in [4.78, 5) is 30.6. The minimum absolute atomic E-state index is 0.0136. The average Bonchev–Trinajstić information content (AvgIpc) is 3.59. The van der Waals surface area contributed by atoms with Crippen LogP contribution in [0.15, 0.2) is 55.0 Å². The molecular weight excluding hydrogens is 459 g/mol. The van der Waals surface area contributed by atoms with Crippen LogP contribution < -0.4 is 5.32 Å². The summed E-state index contributed by atoms with van der Waals surface area (Å²) >= 11 is 0. The number of halogens is 1. The summed E-state index contributed by atoms with van der Waals surface area (Å²) < 4.78 is 17.0. The lowest BCUT2D eigenvalue weighted by Crippen LogP contribution is -2.46. The smallest absolute Gasteiger partial charge is 0.259 e. The van der Waals surface area contributed by atoms with Gasteiger partial charge in [-0.25, -0.2) is 9.07 Å². The summed E-state index contributed by atoms with van der Waals surface area (Å²) in [5.74, 6) is -0.126. The molecule has 0 bridgehead atoms. The molecular formula is C27H35FN6O2. The molecule has 1 aliphatic rings. The maximum atomic E-state index is 13.6. The largest absolute Gasteiger partial charge is 0.356 e. The van der Waals surface area contributed by atoms with Crippen molar-refractivity contribution < 1.29 is 14.0 Å². The summed E-state index contributed by atoms with van der Waals surface area (Å²) in [7, 11) is 0. The van der Waals surface area contributed by atoms with Gasteiger partial charge in [0.25, 0.3) is 5.91 Å². The fraction of sp³-hybridized carbons (Fsp3) is 0.444. The third kappa shape index (κ3) is 5.84. The normalized spacial score (nSPS) is 15.9. The maximum absolute atomic E-state index is 13.6. The lowest BCUT2D eigenvalue weighted by Gasteiger charge is -2.32. The molecule has 4 rings (SSSR count). The Balaban J connectivity index is 1.46. The van der Waals surface area contributed by atoms with Crippen molar-refractivity contribution in [1.29, 1.82) is 0 Å². The number of hydrogen-bond donors (Lipinski definition) is 1. The first-order chi connectivity index (χ1) is 17.5. The average molecular weight is 495 g/mol. The molecule has 2 amide bonds. The summed E-state index contributed by atoms with van der Waals surface area (Å²) in [6.45, 7) is 8.87. The molecule has 3 aromatic rings. The number of benzene rings is 1. The van der Waals surface area contributed by atoms with E-state index in [-0.39, 0.29) is 23.5 Å². The highest BCUT2D eigenvalue weighted by molar-refractivity contribution is 5.97. The molecule has 3 heterocycles. The second-order valence-electron chi connectivity index (χ2n) is 9.12. The zero-order valence-electron chi connectivity index (χ0n) is 21.1. The van der Waals surface area contributed by atoms with Gasteiger partial charge in [-0.15, -0.1) is 0 Å². The third-order valence-electron chi connectivity index (χ3n) is 6.82. The fourth-order valence-electron chi connectivity index (χ4n) is 4.73. The van der Waals surface area contributed by atoms with Crippen LogP contribution in [0.2, 0.25) is 0 Å². The van der Waals surface area contributed by atoms with Crippen molar-refractivity contribution in [1.82, 2.24) is 29.5 Å². The van der Waals surface area contributed by atoms with E-state index < -0.39 is 0 Å². The Kier molecular flexibility index (Phi) is 8.53. The van der Waals surface area contributed by atoms with Gasteiger partial charge in [0.1, 0.15) is 11.4 Å². The Morgan fingerprint density at radius 3 is 2.56 bits per heavy atom. The number of nitrogens with one attached hydrogen (secondary N) is 1. The number of hydrogen-bond acceptors (Lipinski definition) is 4. The van der Waals surface area contributed by atoms with Gasteiger partial charge in [-0.05, 0) is 75.3 Å². The molecule has 0 saturated carbocycles. The van der Waals surface area contributed by atoms with Crippen LogP contribution in [0.25, 0.3) is 11.5 Å². The lowest BCUT2D eigenvalue weighted by atomic mass is 9.96. The second kappa shape index (κ2) is 12.0. The van der Waals surface area contributed by atoms with Gasteiger partial charge < -0.3 is 19.7 Å². The Labute approximate surface area is 211 Å². The summed E-state index contributed by atoms with van der Waals surface area (Å²) in [5.41, 5.74) is 1.09. The van der Waals surface area contributed by atoms with Gasteiger partial charge in [-0.2, -0.15) is 5.10 Å². The minimum Gasteiger partial charge on any atom is -0.356 e. The number of nitrogens with zero attached hydrogens (tertiary/aromatic N) is 5. The number of carbonyl (C=O) groups excluding carboxylic acids is 2. The molecule has 1 fully saturated rings. The molecule has 9 heteroatoms. The summed E-state index contributed by atoms with van der Waals surface area (Å²) in [6, 6.07) is 9.74. The van der Waals surface area contributed by atoms with Crippen LogP contribution in [-0.4, -0.2) is 75.2 Å². The molecule has 1 N–H and O–H groups in total. The molecule has 36 heavy (non-hydrogen) atoms. The molecule has 1 aliphatic heterocycles. The van der Waals surface area contributed by atoms with Gasteiger partial charge in [-0.1, -0.05) is 13.8 Å². The van der Waals surface area contributed by atoms with Crippen LogP contribution in [0, 0.1) is 11.7 Å². The van der Waals surface area contributed by atoms with Gasteiger partial charge in [0.15, 0.2) is 5.82 Å². The van der Waals surface area contributed by atoms with E-state index in [0.717, 1.165) is 38.9 Å². The minimum atomic E-state index is -0.338. The zero-order chi connectivity index (χ0) is 25.5. The van der Waals surface area contributed by atoms with Crippen molar-refractivity contribution in [3.8, 4) is 11.5 Å². The number of carbonyl (C=O) groups is 2. The number of amides is 2. The maximum Gasteiger partial charge on any atom is 0.259 e. The molecule has 8 nitrogen and oxygen atoms in total. The van der Waals surface area contributed by atoms with Gasteiger partial charge in [0, 0.05) is 32.0 Å². The molecule has 0 unspecified atom stereocenters. The van der Waals surface area contributed by atoms with Gasteiger partial charge >= 0.3 is 0 Å². The monoisotopic (exact) mass is 494 g/mol. The van der Waals surface area contributed by atoms with Crippen molar-refractivity contribution in [2.45, 2.75) is 33.1 Å². The molecule has 0 spiro atoms. The van der Waals surface area contributed by atoms with E-state index in [2.05, 4.69) is 29.2 Å². The van der Waals surface area contributed by atoms with E-state index in [4.69, 9.17) is 0 Å². The first kappa shape index (κ1) is 25.6. The standard InChI is InChI=1S/C27H35FN6O2/c1-3-31(4-2)15-8-14-29-25(35)21-9-7-18-33(20-21)27(36)24-19-30-34(23-12-10-22(28)11-13-23)26(24)32-16-5-6-17-32/h5-6,10-13,16-17,19,21H,3-4,7-9,14-15,18,20H2,1-2H3,(H,29,35)/t21-/m1/s1. The van der Waals surface area contributed by atoms with E-state index >= 15 is 0 Å². The molecule has 2 aromatic heterocycles. The lowest BCUT2D eigenvalue weighted by molar-refractivity contribution is -0.126. The first-order valence-corrected chi connectivity index (χ1v) is 12.8. The highest BCUT2D eigenvalue weighted by Crippen LogP contribution is 2.24. The molecule has 192 valence electrons. The Bertz CT molecular complexity index is 1140. The molecule has 1 aromatic carbocycles. The van der Waals surface area contributed by atoms with Crippen LogP contribution in [-0.2, 0) is 4.79 Å². The predicted octanol–water partition coefficient (Wildman–Crippen LogP) is 3.50. The van der Waals surface area contributed by atoms with Crippen LogP contribution in [0.3, 0.4) is 0 Å². The molecule has 0 aliphatic carbocycles. The van der Waals surface area contributed by atoms with E-state index in [9.17, 15) is 14.0 Å². The zero-order valence-corrected chi connectivity index (χ0v) is 21.1. The van der Waals surface area contributed by atoms with Crippen molar-refractivity contribution in [3.05, 3.63) is 66.4 Å². The van der Waals surface area contributed by atoms with Crippen molar-refractivity contribution in [2.24, 2.45) is 5.92 Å².